The average molecular weight is 246 g/mol. The Balaban J connectivity index is 2.54. The predicted molar refractivity (Wildman–Crippen MR) is 77.0 cm³/mol. The molecule has 1 atom stereocenters. The topological polar surface area (TPSA) is 9.23 Å². The van der Waals surface area contributed by atoms with Crippen LogP contribution in [0.1, 0.15) is 63.6 Å². The molecule has 0 spiro atoms. The lowest BCUT2D eigenvalue weighted by molar-refractivity contribution is 0.109. The molecule has 1 aromatic rings. The van der Waals surface area contributed by atoms with Crippen LogP contribution in [0, 0.1) is 5.92 Å². The summed E-state index contributed by atoms with van der Waals surface area (Å²) in [6.45, 7) is 13.2. The quantitative estimate of drug-likeness (QED) is 0.738. The van der Waals surface area contributed by atoms with Crippen LogP contribution in [0.15, 0.2) is 18.2 Å². The highest BCUT2D eigenvalue weighted by Crippen LogP contribution is 2.40. The van der Waals surface area contributed by atoms with Gasteiger partial charge in [-0.05, 0) is 40.4 Å². The van der Waals surface area contributed by atoms with Crippen molar-refractivity contribution in [1.82, 2.24) is 0 Å². The highest BCUT2D eigenvalue weighted by molar-refractivity contribution is 5.39. The van der Waals surface area contributed by atoms with E-state index in [9.17, 15) is 0 Å². The van der Waals surface area contributed by atoms with Gasteiger partial charge in [0.05, 0.1) is 6.61 Å². The third kappa shape index (κ3) is 2.33. The molecular weight excluding hydrogens is 220 g/mol. The molecule has 0 amide bonds. The van der Waals surface area contributed by atoms with Crippen molar-refractivity contribution in [2.24, 2.45) is 5.92 Å². The number of benzene rings is 1. The number of hydrogen-bond acceptors (Lipinski definition) is 1. The van der Waals surface area contributed by atoms with Gasteiger partial charge in [-0.1, -0.05) is 52.8 Å². The molecule has 2 rings (SSSR count). The Labute approximate surface area is 112 Å². The maximum absolute atomic E-state index is 5.77. The molecule has 0 N–H and O–H groups in total. The Hall–Kier alpha value is -0.820. The van der Waals surface area contributed by atoms with Crippen molar-refractivity contribution in [2.75, 3.05) is 6.61 Å². The minimum atomic E-state index is 0.247. The molecule has 18 heavy (non-hydrogen) atoms. The molecule has 1 heteroatoms. The second kappa shape index (κ2) is 5.05. The van der Waals surface area contributed by atoms with Crippen molar-refractivity contribution < 1.29 is 4.74 Å². The maximum Gasteiger partial charge on any atom is 0.0719 e. The van der Waals surface area contributed by atoms with Gasteiger partial charge in [-0.15, -0.1) is 0 Å². The van der Waals surface area contributed by atoms with Gasteiger partial charge in [0.2, 0.25) is 0 Å². The van der Waals surface area contributed by atoms with E-state index in [2.05, 4.69) is 52.8 Å². The summed E-state index contributed by atoms with van der Waals surface area (Å²) in [6, 6.07) is 6.96. The number of hydrogen-bond donors (Lipinski definition) is 0. The lowest BCUT2D eigenvalue weighted by Crippen LogP contribution is -2.30. The lowest BCUT2D eigenvalue weighted by Gasteiger charge is -2.34. The van der Waals surface area contributed by atoms with E-state index < -0.39 is 0 Å². The second-order valence-electron chi connectivity index (χ2n) is 6.45. The Kier molecular flexibility index (Phi) is 3.82. The number of fused-ring (bicyclic) bond motifs is 1. The first-order valence-electron chi connectivity index (χ1n) is 7.16. The van der Waals surface area contributed by atoms with Crippen molar-refractivity contribution in [3.8, 4) is 0 Å². The molecule has 1 aromatic carbocycles. The standard InChI is InChI=1S/C17H26O/c1-12(2)14-6-7-15-11-18-9-8-17(5,13(3)4)16(15)10-14/h6-7,10,12-13H,8-9,11H2,1-5H3. The van der Waals surface area contributed by atoms with Crippen LogP contribution >= 0.6 is 0 Å². The summed E-state index contributed by atoms with van der Waals surface area (Å²) < 4.78 is 5.77. The predicted octanol–water partition coefficient (Wildman–Crippen LogP) is 4.64. The molecule has 0 saturated carbocycles. The van der Waals surface area contributed by atoms with Crippen LogP contribution in [-0.4, -0.2) is 6.61 Å². The molecule has 0 aliphatic carbocycles. The summed E-state index contributed by atoms with van der Waals surface area (Å²) in [5, 5.41) is 0. The zero-order chi connectivity index (χ0) is 13.3. The van der Waals surface area contributed by atoms with Gasteiger partial charge in [-0.25, -0.2) is 0 Å². The van der Waals surface area contributed by atoms with Crippen LogP contribution in [-0.2, 0) is 16.8 Å². The van der Waals surface area contributed by atoms with Crippen molar-refractivity contribution in [3.05, 3.63) is 34.9 Å². The van der Waals surface area contributed by atoms with Crippen molar-refractivity contribution in [3.63, 3.8) is 0 Å². The molecule has 1 aliphatic rings. The van der Waals surface area contributed by atoms with Crippen LogP contribution in [0.25, 0.3) is 0 Å². The van der Waals surface area contributed by atoms with Crippen molar-refractivity contribution in [2.45, 2.75) is 59.0 Å². The van der Waals surface area contributed by atoms with Gasteiger partial charge in [0.25, 0.3) is 0 Å². The van der Waals surface area contributed by atoms with E-state index in [0.29, 0.717) is 11.8 Å². The van der Waals surface area contributed by atoms with Crippen molar-refractivity contribution in [1.29, 1.82) is 0 Å². The average Bonchev–Trinajstić information content (AvgIpc) is 2.49. The fraction of sp³-hybridized carbons (Fsp3) is 0.647. The highest BCUT2D eigenvalue weighted by Gasteiger charge is 2.34. The third-order valence-corrected chi connectivity index (χ3v) is 4.71. The largest absolute Gasteiger partial charge is 0.377 e. The number of rotatable bonds is 2. The van der Waals surface area contributed by atoms with Gasteiger partial charge in [0.1, 0.15) is 0 Å². The minimum Gasteiger partial charge on any atom is -0.377 e. The Bertz CT molecular complexity index is 420. The first-order valence-corrected chi connectivity index (χ1v) is 7.16. The molecule has 1 nitrogen and oxygen atoms in total. The SMILES string of the molecule is CC(C)c1ccc2c(c1)C(C)(C(C)C)CCOC2. The Morgan fingerprint density at radius 3 is 2.50 bits per heavy atom. The summed E-state index contributed by atoms with van der Waals surface area (Å²) in [4.78, 5) is 0. The Morgan fingerprint density at radius 2 is 1.89 bits per heavy atom. The summed E-state index contributed by atoms with van der Waals surface area (Å²) >= 11 is 0. The van der Waals surface area contributed by atoms with E-state index in [0.717, 1.165) is 19.6 Å². The lowest BCUT2D eigenvalue weighted by atomic mass is 9.69. The smallest absolute Gasteiger partial charge is 0.0719 e. The van der Waals surface area contributed by atoms with Gasteiger partial charge >= 0.3 is 0 Å². The second-order valence-corrected chi connectivity index (χ2v) is 6.45. The van der Waals surface area contributed by atoms with Crippen LogP contribution in [0.3, 0.4) is 0 Å². The van der Waals surface area contributed by atoms with Gasteiger partial charge in [-0.2, -0.15) is 0 Å². The first kappa shape index (κ1) is 13.6. The fourth-order valence-corrected chi connectivity index (χ4v) is 2.81. The van der Waals surface area contributed by atoms with Gasteiger partial charge in [0, 0.05) is 6.61 Å². The zero-order valence-electron chi connectivity index (χ0n) is 12.4. The molecule has 0 bridgehead atoms. The van der Waals surface area contributed by atoms with E-state index in [-0.39, 0.29) is 5.41 Å². The summed E-state index contributed by atoms with van der Waals surface area (Å²) in [5.41, 5.74) is 4.59. The maximum atomic E-state index is 5.77. The molecule has 1 unspecified atom stereocenters. The summed E-state index contributed by atoms with van der Waals surface area (Å²) in [5.74, 6) is 1.23. The van der Waals surface area contributed by atoms with Crippen LogP contribution in [0.5, 0.6) is 0 Å². The molecular formula is C17H26O. The van der Waals surface area contributed by atoms with Crippen molar-refractivity contribution >= 4 is 0 Å². The first-order chi connectivity index (χ1) is 8.45. The van der Waals surface area contributed by atoms with Crippen LogP contribution < -0.4 is 0 Å². The molecule has 100 valence electrons. The van der Waals surface area contributed by atoms with Crippen LogP contribution in [0.4, 0.5) is 0 Å². The van der Waals surface area contributed by atoms with E-state index >= 15 is 0 Å². The summed E-state index contributed by atoms with van der Waals surface area (Å²) in [7, 11) is 0. The fourth-order valence-electron chi connectivity index (χ4n) is 2.81. The van der Waals surface area contributed by atoms with Gasteiger partial charge in [-0.3, -0.25) is 0 Å². The molecule has 0 radical (unpaired) electrons. The van der Waals surface area contributed by atoms with E-state index in [1.165, 1.54) is 16.7 Å². The third-order valence-electron chi connectivity index (χ3n) is 4.71. The molecule has 1 aliphatic heterocycles. The monoisotopic (exact) mass is 246 g/mol. The van der Waals surface area contributed by atoms with E-state index in [4.69, 9.17) is 4.74 Å². The van der Waals surface area contributed by atoms with Crippen LogP contribution in [0.2, 0.25) is 0 Å². The zero-order valence-corrected chi connectivity index (χ0v) is 12.4. The van der Waals surface area contributed by atoms with Gasteiger partial charge in [0.15, 0.2) is 0 Å². The summed E-state index contributed by atoms with van der Waals surface area (Å²) in [6.07, 6.45) is 1.12. The minimum absolute atomic E-state index is 0.247. The normalized spacial score (nSPS) is 24.2. The Morgan fingerprint density at radius 1 is 1.17 bits per heavy atom. The molecule has 1 heterocycles. The molecule has 0 fully saturated rings. The van der Waals surface area contributed by atoms with E-state index in [1.807, 2.05) is 0 Å². The number of ether oxygens (including phenoxy) is 1. The molecule has 0 saturated heterocycles. The highest BCUT2D eigenvalue weighted by atomic mass is 16.5. The van der Waals surface area contributed by atoms with E-state index in [1.54, 1.807) is 0 Å². The molecule has 0 aromatic heterocycles. The van der Waals surface area contributed by atoms with Gasteiger partial charge < -0.3 is 4.74 Å².